The van der Waals surface area contributed by atoms with Crippen molar-refractivity contribution in [3.8, 4) is 0 Å². The van der Waals surface area contributed by atoms with Crippen molar-refractivity contribution in [1.82, 2.24) is 4.90 Å². The van der Waals surface area contributed by atoms with E-state index in [4.69, 9.17) is 4.74 Å². The lowest BCUT2D eigenvalue weighted by Gasteiger charge is -2.27. The second-order valence-corrected chi connectivity index (χ2v) is 6.55. The van der Waals surface area contributed by atoms with E-state index in [0.29, 0.717) is 24.2 Å². The third-order valence-electron chi connectivity index (χ3n) is 3.72. The predicted octanol–water partition coefficient (Wildman–Crippen LogP) is 3.56. The molecule has 0 bridgehead atoms. The molecular weight excluding hydrogens is 210 g/mol. The highest BCUT2D eigenvalue weighted by molar-refractivity contribution is 4.80. The van der Waals surface area contributed by atoms with Crippen molar-refractivity contribution in [2.45, 2.75) is 72.6 Å². The van der Waals surface area contributed by atoms with Crippen LogP contribution in [-0.4, -0.2) is 36.2 Å². The van der Waals surface area contributed by atoms with E-state index in [2.05, 4.69) is 46.4 Å². The molecular formula is C15H31NO. The Balaban J connectivity index is 2.41. The number of hydrogen-bond donors (Lipinski definition) is 0. The Morgan fingerprint density at radius 3 is 2.18 bits per heavy atom. The first-order valence-corrected chi connectivity index (χ1v) is 7.29. The SMILES string of the molecule is CC(C)CC(O[C@H]1CCN(C(C)C)C1)C(C)C. The van der Waals surface area contributed by atoms with Crippen LogP contribution in [0.4, 0.5) is 0 Å². The minimum absolute atomic E-state index is 0.437. The van der Waals surface area contributed by atoms with Gasteiger partial charge in [-0.25, -0.2) is 0 Å². The molecule has 1 fully saturated rings. The standard InChI is InChI=1S/C15H31NO/c1-11(2)9-15(12(3)4)17-14-7-8-16(10-14)13(5)6/h11-15H,7-10H2,1-6H3/t14-,15?/m0/s1. The third-order valence-corrected chi connectivity index (χ3v) is 3.72. The van der Waals surface area contributed by atoms with E-state index in [1.165, 1.54) is 19.4 Å². The lowest BCUT2D eigenvalue weighted by molar-refractivity contribution is -0.0408. The van der Waals surface area contributed by atoms with Crippen LogP contribution in [-0.2, 0) is 4.74 Å². The molecule has 1 aliphatic rings. The van der Waals surface area contributed by atoms with Gasteiger partial charge in [-0.1, -0.05) is 27.7 Å². The molecule has 0 aromatic carbocycles. The summed E-state index contributed by atoms with van der Waals surface area (Å²) in [5.74, 6) is 1.36. The van der Waals surface area contributed by atoms with Gasteiger partial charge in [-0.05, 0) is 38.5 Å². The van der Waals surface area contributed by atoms with Crippen molar-refractivity contribution in [2.75, 3.05) is 13.1 Å². The minimum Gasteiger partial charge on any atom is -0.373 e. The van der Waals surface area contributed by atoms with Crippen LogP contribution in [0.25, 0.3) is 0 Å². The molecule has 102 valence electrons. The zero-order valence-corrected chi connectivity index (χ0v) is 12.6. The molecule has 1 aliphatic heterocycles. The molecule has 2 heteroatoms. The Labute approximate surface area is 108 Å². The van der Waals surface area contributed by atoms with Crippen molar-refractivity contribution < 1.29 is 4.74 Å². The topological polar surface area (TPSA) is 12.5 Å². The lowest BCUT2D eigenvalue weighted by Crippen LogP contribution is -2.33. The lowest BCUT2D eigenvalue weighted by atomic mass is 9.97. The molecule has 0 radical (unpaired) electrons. The average Bonchev–Trinajstić information content (AvgIpc) is 2.64. The smallest absolute Gasteiger partial charge is 0.0718 e. The maximum atomic E-state index is 6.32. The van der Waals surface area contributed by atoms with E-state index in [9.17, 15) is 0 Å². The van der Waals surface area contributed by atoms with Crippen molar-refractivity contribution in [3.05, 3.63) is 0 Å². The molecule has 1 saturated heterocycles. The fourth-order valence-corrected chi connectivity index (χ4v) is 2.53. The van der Waals surface area contributed by atoms with Gasteiger partial charge in [-0.3, -0.25) is 4.90 Å². The van der Waals surface area contributed by atoms with Crippen LogP contribution < -0.4 is 0 Å². The maximum absolute atomic E-state index is 6.32. The summed E-state index contributed by atoms with van der Waals surface area (Å²) in [6.07, 6.45) is 3.30. The second kappa shape index (κ2) is 6.75. The molecule has 1 rings (SSSR count). The zero-order valence-electron chi connectivity index (χ0n) is 12.6. The molecule has 1 heterocycles. The van der Waals surface area contributed by atoms with E-state index in [0.717, 1.165) is 12.5 Å². The van der Waals surface area contributed by atoms with E-state index in [1.54, 1.807) is 0 Å². The Morgan fingerprint density at radius 2 is 1.76 bits per heavy atom. The van der Waals surface area contributed by atoms with Gasteiger partial charge in [0.2, 0.25) is 0 Å². The summed E-state index contributed by atoms with van der Waals surface area (Å²) in [5.41, 5.74) is 0. The first-order chi connectivity index (χ1) is 7.90. The summed E-state index contributed by atoms with van der Waals surface area (Å²) < 4.78 is 6.32. The van der Waals surface area contributed by atoms with E-state index < -0.39 is 0 Å². The molecule has 2 atom stereocenters. The first kappa shape index (κ1) is 15.0. The van der Waals surface area contributed by atoms with Crippen LogP contribution in [0.15, 0.2) is 0 Å². The Morgan fingerprint density at radius 1 is 1.12 bits per heavy atom. The Hall–Kier alpha value is -0.0800. The van der Waals surface area contributed by atoms with Gasteiger partial charge in [-0.15, -0.1) is 0 Å². The summed E-state index contributed by atoms with van der Waals surface area (Å²) >= 11 is 0. The molecule has 2 nitrogen and oxygen atoms in total. The van der Waals surface area contributed by atoms with E-state index in [-0.39, 0.29) is 0 Å². The van der Waals surface area contributed by atoms with Crippen LogP contribution in [0.1, 0.15) is 54.4 Å². The van der Waals surface area contributed by atoms with Crippen LogP contribution >= 0.6 is 0 Å². The van der Waals surface area contributed by atoms with E-state index >= 15 is 0 Å². The molecule has 0 aromatic rings. The number of rotatable bonds is 6. The van der Waals surface area contributed by atoms with Gasteiger partial charge in [0.15, 0.2) is 0 Å². The van der Waals surface area contributed by atoms with Gasteiger partial charge in [0.05, 0.1) is 12.2 Å². The van der Waals surface area contributed by atoms with Gasteiger partial charge in [0, 0.05) is 19.1 Å². The molecule has 1 unspecified atom stereocenters. The summed E-state index contributed by atoms with van der Waals surface area (Å²) in [7, 11) is 0. The van der Waals surface area contributed by atoms with Crippen LogP contribution in [0.5, 0.6) is 0 Å². The summed E-state index contributed by atoms with van der Waals surface area (Å²) in [6.45, 7) is 16.0. The van der Waals surface area contributed by atoms with Gasteiger partial charge >= 0.3 is 0 Å². The van der Waals surface area contributed by atoms with Crippen molar-refractivity contribution in [1.29, 1.82) is 0 Å². The predicted molar refractivity (Wildman–Crippen MR) is 74.3 cm³/mol. The van der Waals surface area contributed by atoms with Crippen LogP contribution in [0.2, 0.25) is 0 Å². The molecule has 0 spiro atoms. The zero-order chi connectivity index (χ0) is 13.0. The summed E-state index contributed by atoms with van der Waals surface area (Å²) in [4.78, 5) is 2.53. The maximum Gasteiger partial charge on any atom is 0.0718 e. The number of likely N-dealkylation sites (tertiary alicyclic amines) is 1. The third kappa shape index (κ3) is 4.97. The molecule has 17 heavy (non-hydrogen) atoms. The fourth-order valence-electron chi connectivity index (χ4n) is 2.53. The van der Waals surface area contributed by atoms with Crippen molar-refractivity contribution in [2.24, 2.45) is 11.8 Å². The van der Waals surface area contributed by atoms with Crippen LogP contribution in [0.3, 0.4) is 0 Å². The highest BCUT2D eigenvalue weighted by Gasteiger charge is 2.28. The quantitative estimate of drug-likeness (QED) is 0.705. The second-order valence-electron chi connectivity index (χ2n) is 6.55. The number of nitrogens with zero attached hydrogens (tertiary/aromatic N) is 1. The van der Waals surface area contributed by atoms with Crippen LogP contribution in [0, 0.1) is 11.8 Å². The molecule has 0 aromatic heterocycles. The van der Waals surface area contributed by atoms with Gasteiger partial charge in [-0.2, -0.15) is 0 Å². The first-order valence-electron chi connectivity index (χ1n) is 7.29. The fraction of sp³-hybridized carbons (Fsp3) is 1.00. The molecule has 0 amide bonds. The molecule has 0 N–H and O–H groups in total. The van der Waals surface area contributed by atoms with E-state index in [1.807, 2.05) is 0 Å². The molecule has 0 aliphatic carbocycles. The van der Waals surface area contributed by atoms with Gasteiger partial charge in [0.1, 0.15) is 0 Å². The number of ether oxygens (including phenoxy) is 1. The summed E-state index contributed by atoms with van der Waals surface area (Å²) in [5, 5.41) is 0. The monoisotopic (exact) mass is 241 g/mol. The van der Waals surface area contributed by atoms with Crippen molar-refractivity contribution in [3.63, 3.8) is 0 Å². The Bertz CT molecular complexity index is 213. The minimum atomic E-state index is 0.437. The highest BCUT2D eigenvalue weighted by atomic mass is 16.5. The largest absolute Gasteiger partial charge is 0.373 e. The normalized spacial score (nSPS) is 24.2. The highest BCUT2D eigenvalue weighted by Crippen LogP contribution is 2.23. The van der Waals surface area contributed by atoms with Crippen molar-refractivity contribution >= 4 is 0 Å². The number of hydrogen-bond acceptors (Lipinski definition) is 2. The molecule has 0 saturated carbocycles. The summed E-state index contributed by atoms with van der Waals surface area (Å²) in [6, 6.07) is 0.659. The van der Waals surface area contributed by atoms with Gasteiger partial charge < -0.3 is 4.74 Å². The Kier molecular flexibility index (Phi) is 5.94. The average molecular weight is 241 g/mol. The van der Waals surface area contributed by atoms with Gasteiger partial charge in [0.25, 0.3) is 0 Å².